The average molecular weight is 449 g/mol. The third kappa shape index (κ3) is 3.73. The first-order valence-electron chi connectivity index (χ1n) is 9.63. The molecule has 6 nitrogen and oxygen atoms in total. The van der Waals surface area contributed by atoms with E-state index in [9.17, 15) is 4.79 Å². The highest BCUT2D eigenvalue weighted by atomic mass is 35.5. The Labute approximate surface area is 187 Å². The summed E-state index contributed by atoms with van der Waals surface area (Å²) in [7, 11) is 0. The largest absolute Gasteiger partial charge is 0.457 e. The van der Waals surface area contributed by atoms with Crippen molar-refractivity contribution in [2.45, 2.75) is 13.5 Å². The van der Waals surface area contributed by atoms with E-state index in [0.717, 1.165) is 20.9 Å². The number of carbonyl (C=O) groups is 1. The van der Waals surface area contributed by atoms with E-state index in [1.54, 1.807) is 22.9 Å². The number of para-hydroxylation sites is 2. The van der Waals surface area contributed by atoms with Gasteiger partial charge in [0.25, 0.3) is 5.91 Å². The molecule has 0 radical (unpaired) electrons. The summed E-state index contributed by atoms with van der Waals surface area (Å²) in [5, 5.41) is 8.36. The number of amides is 1. The van der Waals surface area contributed by atoms with Gasteiger partial charge in [-0.15, -0.1) is 11.3 Å². The Morgan fingerprint density at radius 1 is 1.10 bits per heavy atom. The van der Waals surface area contributed by atoms with Gasteiger partial charge < -0.3 is 9.73 Å². The number of furan rings is 1. The Morgan fingerprint density at radius 3 is 2.68 bits per heavy atom. The third-order valence-corrected chi connectivity index (χ3v) is 6.22. The molecule has 154 valence electrons. The van der Waals surface area contributed by atoms with Crippen LogP contribution in [0.1, 0.15) is 21.8 Å². The molecule has 0 aliphatic carbocycles. The van der Waals surface area contributed by atoms with Crippen LogP contribution in [0.2, 0.25) is 5.15 Å². The molecule has 0 bridgehead atoms. The molecule has 3 heterocycles. The van der Waals surface area contributed by atoms with Crippen molar-refractivity contribution in [3.8, 4) is 16.5 Å². The van der Waals surface area contributed by atoms with E-state index in [1.807, 2.05) is 66.7 Å². The van der Waals surface area contributed by atoms with Crippen LogP contribution in [0.5, 0.6) is 0 Å². The molecule has 5 aromatic rings. The molecule has 0 aliphatic heterocycles. The van der Waals surface area contributed by atoms with Crippen molar-refractivity contribution < 1.29 is 9.21 Å². The summed E-state index contributed by atoms with van der Waals surface area (Å²) < 4.78 is 8.56. The number of benzene rings is 2. The smallest absolute Gasteiger partial charge is 0.256 e. The van der Waals surface area contributed by atoms with Crippen LogP contribution in [0.25, 0.3) is 26.7 Å². The van der Waals surface area contributed by atoms with E-state index in [4.69, 9.17) is 16.0 Å². The van der Waals surface area contributed by atoms with Crippen molar-refractivity contribution in [3.63, 3.8) is 0 Å². The summed E-state index contributed by atoms with van der Waals surface area (Å²) in [6.45, 7) is 1.99. The Bertz CT molecular complexity index is 1350. The monoisotopic (exact) mass is 448 g/mol. The number of carbonyl (C=O) groups excluding carboxylic acids is 1. The summed E-state index contributed by atoms with van der Waals surface area (Å²) in [5.74, 6) is 1.01. The quantitative estimate of drug-likeness (QED) is 0.378. The van der Waals surface area contributed by atoms with Crippen molar-refractivity contribution in [2.75, 3.05) is 0 Å². The maximum Gasteiger partial charge on any atom is 0.256 e. The van der Waals surface area contributed by atoms with Gasteiger partial charge in [0.15, 0.2) is 10.8 Å². The maximum absolute atomic E-state index is 12.8. The first kappa shape index (κ1) is 19.5. The molecule has 0 saturated carbocycles. The van der Waals surface area contributed by atoms with Crippen molar-refractivity contribution >= 4 is 39.1 Å². The molecule has 31 heavy (non-hydrogen) atoms. The first-order valence-corrected chi connectivity index (χ1v) is 10.8. The lowest BCUT2D eigenvalue weighted by Gasteiger charge is -2.04. The number of thiazole rings is 1. The lowest BCUT2D eigenvalue weighted by atomic mass is 10.2. The number of hydrogen-bond donors (Lipinski definition) is 1. The zero-order chi connectivity index (χ0) is 21.4. The number of hydrogen-bond acceptors (Lipinski definition) is 5. The fraction of sp³-hybridized carbons (Fsp3) is 0.0870. The summed E-state index contributed by atoms with van der Waals surface area (Å²) in [6.07, 6.45) is 0. The zero-order valence-electron chi connectivity index (χ0n) is 16.5. The molecule has 0 unspecified atom stereocenters. The second kappa shape index (κ2) is 8.02. The highest BCUT2D eigenvalue weighted by Crippen LogP contribution is 2.31. The molecule has 0 aliphatic rings. The molecule has 0 saturated heterocycles. The predicted octanol–water partition coefficient (Wildman–Crippen LogP) is 5.63. The lowest BCUT2D eigenvalue weighted by molar-refractivity contribution is 0.0947. The Hall–Kier alpha value is -3.42. The summed E-state index contributed by atoms with van der Waals surface area (Å²) in [5.41, 5.74) is 2.64. The molecule has 3 aromatic heterocycles. The summed E-state index contributed by atoms with van der Waals surface area (Å²) in [6, 6.07) is 21.1. The van der Waals surface area contributed by atoms with Gasteiger partial charge in [0.2, 0.25) is 0 Å². The van der Waals surface area contributed by atoms with Gasteiger partial charge in [0, 0.05) is 0 Å². The molecule has 1 amide bonds. The lowest BCUT2D eigenvalue weighted by Crippen LogP contribution is -2.23. The third-order valence-electron chi connectivity index (χ3n) is 4.82. The predicted molar refractivity (Wildman–Crippen MR) is 122 cm³/mol. The second-order valence-electron chi connectivity index (χ2n) is 6.93. The van der Waals surface area contributed by atoms with E-state index < -0.39 is 0 Å². The van der Waals surface area contributed by atoms with E-state index in [2.05, 4.69) is 15.4 Å². The van der Waals surface area contributed by atoms with Gasteiger partial charge in [0.05, 0.1) is 33.7 Å². The topological polar surface area (TPSA) is 73.0 Å². The molecule has 2 aromatic carbocycles. The van der Waals surface area contributed by atoms with Gasteiger partial charge in [-0.25, -0.2) is 9.67 Å². The molecule has 0 fully saturated rings. The number of nitrogens with one attached hydrogen (secondary N) is 1. The normalized spacial score (nSPS) is 11.2. The minimum atomic E-state index is -0.303. The SMILES string of the molecule is Cc1nn(-c2ccccc2)c(Cl)c1C(=O)NCc1ccc(-c2nc3ccccc3s2)o1. The second-order valence-corrected chi connectivity index (χ2v) is 8.32. The number of nitrogens with zero attached hydrogens (tertiary/aromatic N) is 3. The molecule has 0 spiro atoms. The molecule has 5 rings (SSSR count). The Morgan fingerprint density at radius 2 is 1.87 bits per heavy atom. The van der Waals surface area contributed by atoms with Crippen LogP contribution in [0, 0.1) is 6.92 Å². The number of aryl methyl sites for hydroxylation is 1. The van der Waals surface area contributed by atoms with E-state index >= 15 is 0 Å². The van der Waals surface area contributed by atoms with Crippen LogP contribution >= 0.6 is 22.9 Å². The van der Waals surface area contributed by atoms with Crippen LogP contribution in [0.15, 0.2) is 71.1 Å². The number of halogens is 1. The van der Waals surface area contributed by atoms with Crippen LogP contribution in [0.4, 0.5) is 0 Å². The Balaban J connectivity index is 1.32. The molecular weight excluding hydrogens is 432 g/mol. The number of rotatable bonds is 5. The zero-order valence-corrected chi connectivity index (χ0v) is 18.1. The standard InChI is InChI=1S/C23H17ClN4O2S/c1-14-20(21(24)28(27-14)15-7-3-2-4-8-15)22(29)25-13-16-11-12-18(30-16)23-26-17-9-5-6-10-19(17)31-23/h2-12H,13H2,1H3,(H,25,29). The average Bonchev–Trinajstić information content (AvgIpc) is 3.49. The van der Waals surface area contributed by atoms with Crippen LogP contribution < -0.4 is 5.32 Å². The summed E-state index contributed by atoms with van der Waals surface area (Å²) >= 11 is 8.04. The van der Waals surface area contributed by atoms with Crippen LogP contribution in [-0.2, 0) is 6.54 Å². The minimum absolute atomic E-state index is 0.232. The molecule has 1 N–H and O–H groups in total. The van der Waals surface area contributed by atoms with Crippen molar-refractivity contribution in [1.29, 1.82) is 0 Å². The van der Waals surface area contributed by atoms with Crippen molar-refractivity contribution in [3.05, 3.63) is 88.9 Å². The maximum atomic E-state index is 12.8. The fourth-order valence-electron chi connectivity index (χ4n) is 3.32. The number of fused-ring (bicyclic) bond motifs is 1. The highest BCUT2D eigenvalue weighted by Gasteiger charge is 2.21. The molecule has 0 atom stereocenters. The van der Waals surface area contributed by atoms with Gasteiger partial charge in [-0.2, -0.15) is 5.10 Å². The minimum Gasteiger partial charge on any atom is -0.457 e. The van der Waals surface area contributed by atoms with E-state index in [1.165, 1.54) is 0 Å². The van der Waals surface area contributed by atoms with E-state index in [-0.39, 0.29) is 17.6 Å². The van der Waals surface area contributed by atoms with Gasteiger partial charge in [-0.3, -0.25) is 4.79 Å². The van der Waals surface area contributed by atoms with Gasteiger partial charge in [-0.05, 0) is 43.3 Å². The van der Waals surface area contributed by atoms with Gasteiger partial charge in [0.1, 0.15) is 10.9 Å². The first-order chi connectivity index (χ1) is 15.1. The Kier molecular flexibility index (Phi) is 5.05. The van der Waals surface area contributed by atoms with E-state index in [0.29, 0.717) is 22.8 Å². The summed E-state index contributed by atoms with van der Waals surface area (Å²) in [4.78, 5) is 17.4. The highest BCUT2D eigenvalue weighted by molar-refractivity contribution is 7.21. The van der Waals surface area contributed by atoms with Crippen molar-refractivity contribution in [1.82, 2.24) is 20.1 Å². The number of aromatic nitrogens is 3. The molecular formula is C23H17ClN4O2S. The van der Waals surface area contributed by atoms with Crippen molar-refractivity contribution in [2.24, 2.45) is 0 Å². The van der Waals surface area contributed by atoms with Gasteiger partial charge >= 0.3 is 0 Å². The van der Waals surface area contributed by atoms with Crippen LogP contribution in [-0.4, -0.2) is 20.7 Å². The van der Waals surface area contributed by atoms with Gasteiger partial charge in [-0.1, -0.05) is 41.9 Å². The fourth-order valence-corrected chi connectivity index (χ4v) is 4.60. The van der Waals surface area contributed by atoms with Crippen LogP contribution in [0.3, 0.4) is 0 Å². The molecule has 8 heteroatoms.